The van der Waals surface area contributed by atoms with Crippen LogP contribution in [-0.4, -0.2) is 43.3 Å². The number of carbonyl (C=O) groups excluding carboxylic acids is 1. The molecule has 2 atom stereocenters. The number of ether oxygens (including phenoxy) is 2. The van der Waals surface area contributed by atoms with E-state index >= 15 is 0 Å². The molecule has 0 aliphatic carbocycles. The summed E-state index contributed by atoms with van der Waals surface area (Å²) in [6, 6.07) is 6.03. The lowest BCUT2D eigenvalue weighted by atomic mass is 9.93. The molecule has 6 nitrogen and oxygen atoms in total. The molecule has 1 heterocycles. The highest BCUT2D eigenvalue weighted by molar-refractivity contribution is 5.96. The lowest BCUT2D eigenvalue weighted by Gasteiger charge is -2.28. The highest BCUT2D eigenvalue weighted by Gasteiger charge is 2.31. The first kappa shape index (κ1) is 16.5. The van der Waals surface area contributed by atoms with Crippen molar-refractivity contribution in [1.82, 2.24) is 5.32 Å². The van der Waals surface area contributed by atoms with Crippen molar-refractivity contribution in [3.05, 3.63) is 35.4 Å². The van der Waals surface area contributed by atoms with E-state index in [0.717, 1.165) is 18.4 Å². The smallest absolute Gasteiger partial charge is 0.326 e. The molecular weight excluding hydrogens is 286 g/mol. The Kier molecular flexibility index (Phi) is 5.91. The standard InChI is InChI=1S/C16H21NO5/c1-21-9-11-4-2-5-12(8-11)15(18)17-14(16(19)20)13-6-3-7-22-10-13/h2,4-5,8,13-14H,3,6-7,9-10H2,1H3,(H,17,18)(H,19,20)/t13-,14+/m0/s1. The molecule has 2 N–H and O–H groups in total. The van der Waals surface area contributed by atoms with Crippen LogP contribution < -0.4 is 5.32 Å². The number of amides is 1. The van der Waals surface area contributed by atoms with E-state index in [1.165, 1.54) is 0 Å². The van der Waals surface area contributed by atoms with Crippen molar-refractivity contribution in [2.24, 2.45) is 5.92 Å². The van der Waals surface area contributed by atoms with Gasteiger partial charge in [0.25, 0.3) is 5.91 Å². The lowest BCUT2D eigenvalue weighted by molar-refractivity contribution is -0.142. The van der Waals surface area contributed by atoms with Crippen LogP contribution in [0.5, 0.6) is 0 Å². The molecule has 1 aliphatic heterocycles. The summed E-state index contributed by atoms with van der Waals surface area (Å²) in [6.45, 7) is 1.41. The number of carboxylic acid groups (broad SMARTS) is 1. The second kappa shape index (κ2) is 7.91. The van der Waals surface area contributed by atoms with Crippen LogP contribution in [0.2, 0.25) is 0 Å². The quantitative estimate of drug-likeness (QED) is 0.831. The second-order valence-electron chi connectivity index (χ2n) is 5.40. The molecule has 0 spiro atoms. The number of benzene rings is 1. The van der Waals surface area contributed by atoms with Gasteiger partial charge in [0, 0.05) is 25.2 Å². The van der Waals surface area contributed by atoms with E-state index in [-0.39, 0.29) is 5.92 Å². The molecule has 1 fully saturated rings. The van der Waals surface area contributed by atoms with Crippen molar-refractivity contribution in [2.75, 3.05) is 20.3 Å². The van der Waals surface area contributed by atoms with E-state index in [2.05, 4.69) is 5.32 Å². The van der Waals surface area contributed by atoms with Crippen molar-refractivity contribution in [1.29, 1.82) is 0 Å². The molecule has 0 aromatic heterocycles. The van der Waals surface area contributed by atoms with E-state index < -0.39 is 17.9 Å². The summed E-state index contributed by atoms with van der Waals surface area (Å²) in [4.78, 5) is 23.7. The maximum Gasteiger partial charge on any atom is 0.326 e. The van der Waals surface area contributed by atoms with E-state index in [4.69, 9.17) is 9.47 Å². The third kappa shape index (κ3) is 4.29. The number of hydrogen-bond donors (Lipinski definition) is 2. The molecule has 0 bridgehead atoms. The molecule has 1 aliphatic rings. The number of aliphatic carboxylic acids is 1. The van der Waals surface area contributed by atoms with E-state index in [0.29, 0.717) is 25.4 Å². The monoisotopic (exact) mass is 307 g/mol. The average molecular weight is 307 g/mol. The third-order valence-electron chi connectivity index (χ3n) is 3.72. The summed E-state index contributed by atoms with van der Waals surface area (Å²) in [5.41, 5.74) is 1.29. The number of rotatable bonds is 6. The molecular formula is C16H21NO5. The Bertz CT molecular complexity index is 525. The van der Waals surface area contributed by atoms with Gasteiger partial charge in [0.2, 0.25) is 0 Å². The highest BCUT2D eigenvalue weighted by atomic mass is 16.5. The van der Waals surface area contributed by atoms with Gasteiger partial charge in [-0.25, -0.2) is 4.79 Å². The molecule has 1 aromatic rings. The van der Waals surface area contributed by atoms with E-state index in [9.17, 15) is 14.7 Å². The summed E-state index contributed by atoms with van der Waals surface area (Å²) < 4.78 is 10.4. The Morgan fingerprint density at radius 3 is 2.95 bits per heavy atom. The topological polar surface area (TPSA) is 84.9 Å². The van der Waals surface area contributed by atoms with Crippen molar-refractivity contribution in [3.8, 4) is 0 Å². The number of methoxy groups -OCH3 is 1. The van der Waals surface area contributed by atoms with Crippen LogP contribution in [-0.2, 0) is 20.9 Å². The molecule has 0 saturated carbocycles. The number of nitrogens with one attached hydrogen (secondary N) is 1. The largest absolute Gasteiger partial charge is 0.480 e. The maximum absolute atomic E-state index is 12.3. The molecule has 22 heavy (non-hydrogen) atoms. The minimum Gasteiger partial charge on any atom is -0.480 e. The maximum atomic E-state index is 12.3. The molecule has 6 heteroatoms. The molecule has 2 rings (SSSR count). The van der Waals surface area contributed by atoms with Crippen molar-refractivity contribution in [2.45, 2.75) is 25.5 Å². The van der Waals surface area contributed by atoms with Crippen LogP contribution in [0, 0.1) is 5.92 Å². The number of hydrogen-bond acceptors (Lipinski definition) is 4. The fourth-order valence-corrected chi connectivity index (χ4v) is 2.60. The fourth-order valence-electron chi connectivity index (χ4n) is 2.60. The van der Waals surface area contributed by atoms with Gasteiger partial charge in [-0.05, 0) is 30.5 Å². The Morgan fingerprint density at radius 1 is 1.50 bits per heavy atom. The predicted molar refractivity (Wildman–Crippen MR) is 79.6 cm³/mol. The van der Waals surface area contributed by atoms with Crippen molar-refractivity contribution < 1.29 is 24.2 Å². The first-order valence-corrected chi connectivity index (χ1v) is 7.31. The molecule has 1 saturated heterocycles. The normalized spacial score (nSPS) is 19.4. The minimum atomic E-state index is -1.03. The SMILES string of the molecule is COCc1cccc(C(=O)N[C@@H](C(=O)O)[C@H]2CCCOC2)c1. The van der Waals surface area contributed by atoms with Gasteiger partial charge in [-0.3, -0.25) is 4.79 Å². The summed E-state index contributed by atoms with van der Waals surface area (Å²) in [7, 11) is 1.58. The van der Waals surface area contributed by atoms with E-state index in [1.807, 2.05) is 6.07 Å². The predicted octanol–water partition coefficient (Wildman–Crippen LogP) is 1.44. The molecule has 0 unspecified atom stereocenters. The zero-order valence-electron chi connectivity index (χ0n) is 12.6. The zero-order chi connectivity index (χ0) is 15.9. The number of carboxylic acids is 1. The zero-order valence-corrected chi connectivity index (χ0v) is 12.6. The van der Waals surface area contributed by atoms with Gasteiger partial charge >= 0.3 is 5.97 Å². The van der Waals surface area contributed by atoms with Crippen molar-refractivity contribution >= 4 is 11.9 Å². The van der Waals surface area contributed by atoms with Gasteiger partial charge < -0.3 is 19.9 Å². The molecule has 1 amide bonds. The van der Waals surface area contributed by atoms with E-state index in [1.54, 1.807) is 25.3 Å². The van der Waals surface area contributed by atoms with Gasteiger partial charge in [0.05, 0.1) is 13.2 Å². The van der Waals surface area contributed by atoms with Crippen LogP contribution in [0.15, 0.2) is 24.3 Å². The van der Waals surface area contributed by atoms with Crippen LogP contribution in [0.4, 0.5) is 0 Å². The highest BCUT2D eigenvalue weighted by Crippen LogP contribution is 2.18. The van der Waals surface area contributed by atoms with Gasteiger partial charge in [-0.1, -0.05) is 12.1 Å². The van der Waals surface area contributed by atoms with Crippen LogP contribution >= 0.6 is 0 Å². The van der Waals surface area contributed by atoms with Gasteiger partial charge in [0.15, 0.2) is 0 Å². The Labute approximate surface area is 129 Å². The van der Waals surface area contributed by atoms with Crippen molar-refractivity contribution in [3.63, 3.8) is 0 Å². The van der Waals surface area contributed by atoms with Crippen LogP contribution in [0.1, 0.15) is 28.8 Å². The summed E-state index contributed by atoms with van der Waals surface area (Å²) in [6.07, 6.45) is 1.55. The third-order valence-corrected chi connectivity index (χ3v) is 3.72. The summed E-state index contributed by atoms with van der Waals surface area (Å²) in [5.74, 6) is -1.62. The van der Waals surface area contributed by atoms with Crippen LogP contribution in [0.25, 0.3) is 0 Å². The van der Waals surface area contributed by atoms with Gasteiger partial charge in [-0.2, -0.15) is 0 Å². The van der Waals surface area contributed by atoms with Gasteiger partial charge in [0.1, 0.15) is 6.04 Å². The first-order valence-electron chi connectivity index (χ1n) is 7.31. The number of carbonyl (C=O) groups is 2. The molecule has 0 radical (unpaired) electrons. The van der Waals surface area contributed by atoms with Gasteiger partial charge in [-0.15, -0.1) is 0 Å². The summed E-state index contributed by atoms with van der Waals surface area (Å²) in [5, 5.41) is 12.0. The Morgan fingerprint density at radius 2 is 2.32 bits per heavy atom. The van der Waals surface area contributed by atoms with Crippen LogP contribution in [0.3, 0.4) is 0 Å². The second-order valence-corrected chi connectivity index (χ2v) is 5.40. The first-order chi connectivity index (χ1) is 10.6. The Balaban J connectivity index is 2.07. The average Bonchev–Trinajstić information content (AvgIpc) is 2.53. The summed E-state index contributed by atoms with van der Waals surface area (Å²) >= 11 is 0. The minimum absolute atomic E-state index is 0.197. The molecule has 120 valence electrons. The Hall–Kier alpha value is -1.92. The fraction of sp³-hybridized carbons (Fsp3) is 0.500. The molecule has 1 aromatic carbocycles. The lowest BCUT2D eigenvalue weighted by Crippen LogP contribution is -2.48.